The number of hydrogen-bond donors (Lipinski definition) is 2. The van der Waals surface area contributed by atoms with Gasteiger partial charge >= 0.3 is 4.87 Å². The maximum absolute atomic E-state index is 12.1. The van der Waals surface area contributed by atoms with Crippen LogP contribution in [0.3, 0.4) is 0 Å². The second-order valence-corrected chi connectivity index (χ2v) is 5.81. The summed E-state index contributed by atoms with van der Waals surface area (Å²) in [6, 6.07) is 5.26. The lowest BCUT2D eigenvalue weighted by atomic mass is 10.1. The van der Waals surface area contributed by atoms with Crippen molar-refractivity contribution in [3.8, 4) is 0 Å². The molecule has 2 N–H and O–H groups in total. The molecule has 0 aliphatic rings. The summed E-state index contributed by atoms with van der Waals surface area (Å²) in [4.78, 5) is 34.7. The number of rotatable bonds is 4. The highest BCUT2D eigenvalue weighted by molar-refractivity contribution is 7.07. The summed E-state index contributed by atoms with van der Waals surface area (Å²) in [6.45, 7) is 5.03. The highest BCUT2D eigenvalue weighted by atomic mass is 32.1. The Balaban J connectivity index is 2.14. The molecule has 7 heteroatoms. The smallest absolute Gasteiger partial charge is 0.307 e. The predicted molar refractivity (Wildman–Crippen MR) is 87.4 cm³/mol. The van der Waals surface area contributed by atoms with Crippen LogP contribution in [0.1, 0.15) is 18.2 Å². The molecule has 0 saturated carbocycles. The quantitative estimate of drug-likeness (QED) is 0.906. The third-order valence-electron chi connectivity index (χ3n) is 3.11. The number of nitrogens with one attached hydrogen (secondary N) is 2. The molecule has 6 nitrogen and oxygen atoms in total. The van der Waals surface area contributed by atoms with Crippen LogP contribution in [0.25, 0.3) is 0 Å². The van der Waals surface area contributed by atoms with E-state index in [-0.39, 0.29) is 23.2 Å². The number of amides is 2. The van der Waals surface area contributed by atoms with Crippen molar-refractivity contribution in [2.24, 2.45) is 0 Å². The molecule has 1 aromatic heterocycles. The molecule has 0 unspecified atom stereocenters. The van der Waals surface area contributed by atoms with E-state index in [9.17, 15) is 14.4 Å². The number of anilines is 2. The molecule has 116 valence electrons. The number of aromatic nitrogens is 1. The third kappa shape index (κ3) is 3.82. The molecule has 2 aromatic rings. The fraction of sp³-hybridized carbons (Fsp3) is 0.267. The molecule has 0 fully saturated rings. The van der Waals surface area contributed by atoms with E-state index < -0.39 is 0 Å². The molecule has 0 aliphatic carbocycles. The normalized spacial score (nSPS) is 10.3. The van der Waals surface area contributed by atoms with E-state index in [0.717, 1.165) is 22.6 Å². The van der Waals surface area contributed by atoms with Gasteiger partial charge in [-0.05, 0) is 31.5 Å². The monoisotopic (exact) mass is 319 g/mol. The van der Waals surface area contributed by atoms with Crippen molar-refractivity contribution in [1.29, 1.82) is 0 Å². The number of hydrogen-bond acceptors (Lipinski definition) is 4. The van der Waals surface area contributed by atoms with Crippen LogP contribution in [0.4, 0.5) is 11.4 Å². The average Bonchev–Trinajstić information content (AvgIpc) is 2.74. The van der Waals surface area contributed by atoms with Gasteiger partial charge in [-0.3, -0.25) is 19.0 Å². The SMILES string of the molecule is CC(=O)Nc1ccc(C)c(NC(=O)Cn2c(C)csc2=O)c1. The topological polar surface area (TPSA) is 80.2 Å². The van der Waals surface area contributed by atoms with E-state index in [1.54, 1.807) is 24.4 Å². The summed E-state index contributed by atoms with van der Waals surface area (Å²) in [5, 5.41) is 7.16. The molecular weight excluding hydrogens is 302 g/mol. The van der Waals surface area contributed by atoms with Gasteiger partial charge in [-0.2, -0.15) is 0 Å². The lowest BCUT2D eigenvalue weighted by Crippen LogP contribution is -2.25. The summed E-state index contributed by atoms with van der Waals surface area (Å²) >= 11 is 1.07. The van der Waals surface area contributed by atoms with Crippen LogP contribution in [0.15, 0.2) is 28.4 Å². The lowest BCUT2D eigenvalue weighted by Gasteiger charge is -2.11. The standard InChI is InChI=1S/C15H17N3O3S/c1-9-4-5-12(16-11(3)19)6-13(9)17-14(20)7-18-10(2)8-22-15(18)21/h4-6,8H,7H2,1-3H3,(H,16,19)(H,17,20). The van der Waals surface area contributed by atoms with Crippen LogP contribution in [0, 0.1) is 13.8 Å². The zero-order chi connectivity index (χ0) is 16.3. The van der Waals surface area contributed by atoms with Gasteiger partial charge in [0.2, 0.25) is 11.8 Å². The molecule has 0 radical (unpaired) electrons. The van der Waals surface area contributed by atoms with E-state index in [4.69, 9.17) is 0 Å². The number of nitrogens with zero attached hydrogens (tertiary/aromatic N) is 1. The van der Waals surface area contributed by atoms with E-state index in [2.05, 4.69) is 10.6 Å². The summed E-state index contributed by atoms with van der Waals surface area (Å²) in [6.07, 6.45) is 0. The minimum Gasteiger partial charge on any atom is -0.326 e. The average molecular weight is 319 g/mol. The number of aryl methyl sites for hydroxylation is 2. The zero-order valence-corrected chi connectivity index (χ0v) is 13.4. The van der Waals surface area contributed by atoms with Crippen molar-refractivity contribution in [3.63, 3.8) is 0 Å². The molecule has 0 saturated heterocycles. The van der Waals surface area contributed by atoms with Gasteiger partial charge in [-0.15, -0.1) is 0 Å². The van der Waals surface area contributed by atoms with Crippen LogP contribution in [-0.4, -0.2) is 16.4 Å². The first-order valence-electron chi connectivity index (χ1n) is 6.70. The van der Waals surface area contributed by atoms with Crippen LogP contribution >= 0.6 is 11.3 Å². The number of benzene rings is 1. The molecule has 22 heavy (non-hydrogen) atoms. The second-order valence-electron chi connectivity index (χ2n) is 4.99. The Bertz CT molecular complexity index is 777. The highest BCUT2D eigenvalue weighted by Gasteiger charge is 2.10. The van der Waals surface area contributed by atoms with Crippen LogP contribution < -0.4 is 15.5 Å². The van der Waals surface area contributed by atoms with Gasteiger partial charge in [0.15, 0.2) is 0 Å². The van der Waals surface area contributed by atoms with Gasteiger partial charge in [-0.1, -0.05) is 17.4 Å². The summed E-state index contributed by atoms with van der Waals surface area (Å²) in [5.74, 6) is -0.465. The number of thiazole rings is 1. The lowest BCUT2D eigenvalue weighted by molar-refractivity contribution is -0.117. The van der Waals surface area contributed by atoms with Crippen molar-refractivity contribution in [2.75, 3.05) is 10.6 Å². The maximum Gasteiger partial charge on any atom is 0.307 e. The molecule has 0 spiro atoms. The van der Waals surface area contributed by atoms with Gasteiger partial charge in [0.25, 0.3) is 0 Å². The van der Waals surface area contributed by atoms with Gasteiger partial charge in [0.1, 0.15) is 6.54 Å². The van der Waals surface area contributed by atoms with Crippen molar-refractivity contribution in [3.05, 3.63) is 44.5 Å². The Morgan fingerprint density at radius 2 is 1.95 bits per heavy atom. The Kier molecular flexibility index (Phi) is 4.77. The van der Waals surface area contributed by atoms with Gasteiger partial charge in [0, 0.05) is 29.4 Å². The number of carbonyl (C=O) groups excluding carboxylic acids is 2. The van der Waals surface area contributed by atoms with E-state index >= 15 is 0 Å². The first kappa shape index (κ1) is 16.0. The maximum atomic E-state index is 12.1. The largest absolute Gasteiger partial charge is 0.326 e. The van der Waals surface area contributed by atoms with Crippen molar-refractivity contribution >= 4 is 34.5 Å². The minimum atomic E-state index is -0.285. The first-order chi connectivity index (χ1) is 10.4. The molecule has 1 heterocycles. The Morgan fingerprint density at radius 1 is 1.23 bits per heavy atom. The summed E-state index contributed by atoms with van der Waals surface area (Å²) < 4.78 is 1.42. The minimum absolute atomic E-state index is 0.0298. The number of carbonyl (C=O) groups is 2. The predicted octanol–water partition coefficient (Wildman–Crippen LogP) is 2.12. The molecule has 0 bridgehead atoms. The first-order valence-corrected chi connectivity index (χ1v) is 7.58. The molecule has 1 aromatic carbocycles. The molecular formula is C15H17N3O3S. The Morgan fingerprint density at radius 3 is 2.55 bits per heavy atom. The van der Waals surface area contributed by atoms with Crippen molar-refractivity contribution < 1.29 is 9.59 Å². The summed E-state index contributed by atoms with van der Waals surface area (Å²) in [5.41, 5.74) is 2.85. The Hall–Kier alpha value is -2.41. The van der Waals surface area contributed by atoms with Crippen LogP contribution in [-0.2, 0) is 16.1 Å². The highest BCUT2D eigenvalue weighted by Crippen LogP contribution is 2.20. The van der Waals surface area contributed by atoms with E-state index in [0.29, 0.717) is 11.4 Å². The molecule has 2 rings (SSSR count). The van der Waals surface area contributed by atoms with Gasteiger partial charge < -0.3 is 10.6 Å². The molecule has 0 aliphatic heterocycles. The summed E-state index contributed by atoms with van der Waals surface area (Å²) in [7, 11) is 0. The molecule has 2 amide bonds. The third-order valence-corrected chi connectivity index (χ3v) is 3.99. The van der Waals surface area contributed by atoms with Crippen molar-refractivity contribution in [1.82, 2.24) is 4.57 Å². The fourth-order valence-corrected chi connectivity index (χ4v) is 2.70. The zero-order valence-electron chi connectivity index (χ0n) is 12.6. The fourth-order valence-electron chi connectivity index (χ4n) is 1.97. The molecule has 0 atom stereocenters. The Labute approximate surface area is 131 Å². The van der Waals surface area contributed by atoms with E-state index in [1.165, 1.54) is 11.5 Å². The van der Waals surface area contributed by atoms with Crippen LogP contribution in [0.5, 0.6) is 0 Å². The van der Waals surface area contributed by atoms with Gasteiger partial charge in [0.05, 0.1) is 0 Å². The van der Waals surface area contributed by atoms with Crippen molar-refractivity contribution in [2.45, 2.75) is 27.3 Å². The van der Waals surface area contributed by atoms with Gasteiger partial charge in [-0.25, -0.2) is 0 Å². The van der Waals surface area contributed by atoms with E-state index in [1.807, 2.05) is 13.0 Å². The second kappa shape index (κ2) is 6.57. The van der Waals surface area contributed by atoms with Crippen LogP contribution in [0.2, 0.25) is 0 Å².